The second-order valence-electron chi connectivity index (χ2n) is 4.49. The number of nitrogens with zero attached hydrogens (tertiary/aromatic N) is 1. The highest BCUT2D eigenvalue weighted by Crippen LogP contribution is 2.14. The van der Waals surface area contributed by atoms with Crippen LogP contribution in [0.5, 0.6) is 0 Å². The number of rotatable bonds is 8. The van der Waals surface area contributed by atoms with Crippen molar-refractivity contribution >= 4 is 0 Å². The van der Waals surface area contributed by atoms with Gasteiger partial charge in [0, 0.05) is 13.1 Å². The Morgan fingerprint density at radius 3 is 2.69 bits per heavy atom. The number of aliphatic hydroxyl groups is 2. The van der Waals surface area contributed by atoms with Gasteiger partial charge in [-0.2, -0.15) is 0 Å². The number of hydrazine groups is 1. The summed E-state index contributed by atoms with van der Waals surface area (Å²) in [7, 11) is 0. The molecule has 16 heavy (non-hydrogen) atoms. The Morgan fingerprint density at radius 1 is 1.25 bits per heavy atom. The number of hydrogen-bond donors (Lipinski definition) is 4. The van der Waals surface area contributed by atoms with Crippen LogP contribution in [0.2, 0.25) is 0 Å². The van der Waals surface area contributed by atoms with Crippen LogP contribution < -0.4 is 11.2 Å². The largest absolute Gasteiger partial charge is 0.395 e. The fourth-order valence-electron chi connectivity index (χ4n) is 2.10. The third-order valence-electron chi connectivity index (χ3n) is 3.05. The molecule has 0 aliphatic carbocycles. The molecule has 0 aromatic carbocycles. The van der Waals surface area contributed by atoms with Crippen LogP contribution in [0.15, 0.2) is 0 Å². The summed E-state index contributed by atoms with van der Waals surface area (Å²) in [6.45, 7) is 2.41. The van der Waals surface area contributed by atoms with Gasteiger partial charge in [-0.05, 0) is 25.8 Å². The Bertz CT molecular complexity index is 181. The first-order chi connectivity index (χ1) is 7.77. The minimum absolute atomic E-state index is 0.0686. The zero-order valence-electron chi connectivity index (χ0n) is 9.94. The van der Waals surface area contributed by atoms with Gasteiger partial charge in [-0.1, -0.05) is 12.8 Å². The van der Waals surface area contributed by atoms with Crippen LogP contribution in [0, 0.1) is 0 Å². The Labute approximate surface area is 97.6 Å². The summed E-state index contributed by atoms with van der Waals surface area (Å²) >= 11 is 0. The lowest BCUT2D eigenvalue weighted by molar-refractivity contribution is 0.106. The van der Waals surface area contributed by atoms with Gasteiger partial charge >= 0.3 is 0 Å². The minimum atomic E-state index is -0.304. The van der Waals surface area contributed by atoms with Crippen molar-refractivity contribution in [3.05, 3.63) is 0 Å². The van der Waals surface area contributed by atoms with Crippen LogP contribution in [-0.2, 0) is 0 Å². The molecule has 96 valence electrons. The fourth-order valence-corrected chi connectivity index (χ4v) is 2.10. The number of hydrogen-bond acceptors (Lipinski definition) is 5. The predicted molar refractivity (Wildman–Crippen MR) is 63.7 cm³/mol. The van der Waals surface area contributed by atoms with E-state index in [0.29, 0.717) is 13.0 Å². The smallest absolute Gasteiger partial charge is 0.0697 e. The lowest BCUT2D eigenvalue weighted by atomic mass is 10.2. The van der Waals surface area contributed by atoms with E-state index in [2.05, 4.69) is 5.43 Å². The third kappa shape index (κ3) is 4.76. The summed E-state index contributed by atoms with van der Waals surface area (Å²) in [6.07, 6.45) is 4.94. The van der Waals surface area contributed by atoms with Gasteiger partial charge in [0.25, 0.3) is 0 Å². The number of nitrogens with one attached hydrogen (secondary N) is 1. The van der Waals surface area contributed by atoms with Crippen molar-refractivity contribution < 1.29 is 10.2 Å². The molecule has 0 aromatic heterocycles. The van der Waals surface area contributed by atoms with E-state index in [1.807, 2.05) is 5.01 Å². The topological polar surface area (TPSA) is 81.8 Å². The highest BCUT2D eigenvalue weighted by Gasteiger charge is 2.29. The molecule has 0 aromatic rings. The van der Waals surface area contributed by atoms with Gasteiger partial charge in [-0.15, -0.1) is 0 Å². The average Bonchev–Trinajstić information content (AvgIpc) is 2.64. The second-order valence-corrected chi connectivity index (χ2v) is 4.49. The molecule has 1 saturated heterocycles. The van der Waals surface area contributed by atoms with Crippen molar-refractivity contribution in [2.24, 2.45) is 5.73 Å². The van der Waals surface area contributed by atoms with Gasteiger partial charge in [0.2, 0.25) is 0 Å². The van der Waals surface area contributed by atoms with Crippen molar-refractivity contribution in [2.45, 2.75) is 44.2 Å². The van der Waals surface area contributed by atoms with Crippen molar-refractivity contribution in [3.63, 3.8) is 0 Å². The standard InChI is InChI=1S/C11H25N3O2/c12-5-3-1-2-4-6-13-14-8-11(16)7-10(14)9-15/h10-11,13,15-16H,1-9,12H2/t10-,11?/m0/s1. The predicted octanol–water partition coefficient (Wildman–Crippen LogP) is -0.562. The quantitative estimate of drug-likeness (QED) is 0.421. The number of β-amino-alcohol motifs (C(OH)–C–C–N with tert-alkyl or cyclic N) is 1. The van der Waals surface area contributed by atoms with Crippen LogP contribution in [0.3, 0.4) is 0 Å². The van der Waals surface area contributed by atoms with E-state index in [9.17, 15) is 5.11 Å². The third-order valence-corrected chi connectivity index (χ3v) is 3.05. The average molecular weight is 231 g/mol. The molecule has 0 radical (unpaired) electrons. The van der Waals surface area contributed by atoms with Crippen LogP contribution in [0.4, 0.5) is 0 Å². The van der Waals surface area contributed by atoms with Gasteiger partial charge in [-0.25, -0.2) is 5.01 Å². The van der Waals surface area contributed by atoms with Crippen molar-refractivity contribution in [1.29, 1.82) is 0 Å². The summed E-state index contributed by atoms with van der Waals surface area (Å²) in [5.41, 5.74) is 8.69. The fraction of sp³-hybridized carbons (Fsp3) is 1.00. The molecule has 0 spiro atoms. The molecule has 1 heterocycles. The van der Waals surface area contributed by atoms with E-state index in [1.165, 1.54) is 12.8 Å². The van der Waals surface area contributed by atoms with Crippen LogP contribution in [-0.4, -0.2) is 53.6 Å². The normalized spacial score (nSPS) is 26.4. The molecule has 1 unspecified atom stereocenters. The summed E-state index contributed by atoms with van der Waals surface area (Å²) in [5, 5.41) is 20.6. The van der Waals surface area contributed by atoms with Gasteiger partial charge in [0.05, 0.1) is 18.8 Å². The lowest BCUT2D eigenvalue weighted by Crippen LogP contribution is -2.44. The number of unbranched alkanes of at least 4 members (excludes halogenated alkanes) is 3. The zero-order valence-corrected chi connectivity index (χ0v) is 9.94. The van der Waals surface area contributed by atoms with E-state index < -0.39 is 0 Å². The molecule has 1 aliphatic rings. The molecular formula is C11H25N3O2. The van der Waals surface area contributed by atoms with Crippen molar-refractivity contribution in [1.82, 2.24) is 10.4 Å². The molecule has 1 fully saturated rings. The first kappa shape index (κ1) is 13.9. The van der Waals surface area contributed by atoms with Crippen LogP contribution in [0.25, 0.3) is 0 Å². The van der Waals surface area contributed by atoms with Crippen molar-refractivity contribution in [3.8, 4) is 0 Å². The Balaban J connectivity index is 2.03. The van der Waals surface area contributed by atoms with E-state index >= 15 is 0 Å². The summed E-state index contributed by atoms with van der Waals surface area (Å²) in [4.78, 5) is 0. The molecule has 5 nitrogen and oxygen atoms in total. The second kappa shape index (κ2) is 7.97. The molecule has 0 bridgehead atoms. The first-order valence-electron chi connectivity index (χ1n) is 6.27. The highest BCUT2D eigenvalue weighted by atomic mass is 16.3. The van der Waals surface area contributed by atoms with Gasteiger partial charge in [0.1, 0.15) is 0 Å². The van der Waals surface area contributed by atoms with Gasteiger partial charge in [0.15, 0.2) is 0 Å². The lowest BCUT2D eigenvalue weighted by Gasteiger charge is -2.23. The van der Waals surface area contributed by atoms with Crippen LogP contribution in [0.1, 0.15) is 32.1 Å². The summed E-state index contributed by atoms with van der Waals surface area (Å²) in [5.74, 6) is 0. The van der Waals surface area contributed by atoms with Gasteiger partial charge < -0.3 is 15.9 Å². The summed E-state index contributed by atoms with van der Waals surface area (Å²) < 4.78 is 0. The molecule has 1 rings (SSSR count). The first-order valence-corrected chi connectivity index (χ1v) is 6.27. The van der Waals surface area contributed by atoms with E-state index in [4.69, 9.17) is 10.8 Å². The number of nitrogens with two attached hydrogens (primary N) is 1. The molecule has 0 saturated carbocycles. The molecule has 0 amide bonds. The molecule has 5 heteroatoms. The number of aliphatic hydroxyl groups excluding tert-OH is 2. The maximum absolute atomic E-state index is 9.47. The molecular weight excluding hydrogens is 206 g/mol. The van der Waals surface area contributed by atoms with E-state index in [0.717, 1.165) is 25.9 Å². The van der Waals surface area contributed by atoms with E-state index in [-0.39, 0.29) is 18.8 Å². The maximum atomic E-state index is 9.47. The Hall–Kier alpha value is -0.200. The van der Waals surface area contributed by atoms with Crippen LogP contribution >= 0.6 is 0 Å². The zero-order chi connectivity index (χ0) is 11.8. The highest BCUT2D eigenvalue weighted by molar-refractivity contribution is 4.82. The monoisotopic (exact) mass is 231 g/mol. The Morgan fingerprint density at radius 2 is 2.00 bits per heavy atom. The van der Waals surface area contributed by atoms with Crippen molar-refractivity contribution in [2.75, 3.05) is 26.2 Å². The molecule has 5 N–H and O–H groups in total. The minimum Gasteiger partial charge on any atom is -0.395 e. The Kier molecular flexibility index (Phi) is 6.91. The molecule has 2 atom stereocenters. The van der Waals surface area contributed by atoms with Gasteiger partial charge in [-0.3, -0.25) is 5.43 Å². The van der Waals surface area contributed by atoms with E-state index in [1.54, 1.807) is 0 Å². The molecule has 1 aliphatic heterocycles. The maximum Gasteiger partial charge on any atom is 0.0697 e. The summed E-state index contributed by atoms with van der Waals surface area (Å²) in [6, 6.07) is 0.0686. The SMILES string of the molecule is NCCCCCCNN1CC(O)C[C@H]1CO.